The fourth-order valence-electron chi connectivity index (χ4n) is 1.77. The molecule has 0 aliphatic heterocycles. The van der Waals surface area contributed by atoms with Crippen LogP contribution in [0.5, 0.6) is 0 Å². The lowest BCUT2D eigenvalue weighted by Crippen LogP contribution is -2.27. The lowest BCUT2D eigenvalue weighted by Gasteiger charge is -2.17. The zero-order chi connectivity index (χ0) is 15.7. The molecule has 0 unspecified atom stereocenters. The first-order valence-electron chi connectivity index (χ1n) is 7.09. The van der Waals surface area contributed by atoms with E-state index >= 15 is 0 Å². The summed E-state index contributed by atoms with van der Waals surface area (Å²) in [6.07, 6.45) is 0. The van der Waals surface area contributed by atoms with Crippen molar-refractivity contribution in [2.75, 3.05) is 38.6 Å². The number of amides is 2. The molecule has 0 heterocycles. The molecule has 116 valence electrons. The predicted molar refractivity (Wildman–Crippen MR) is 82.6 cm³/mol. The number of esters is 1. The number of likely N-dealkylation sites (N-methyl/N-ethyl adjacent to an activating group) is 1. The van der Waals surface area contributed by atoms with Crippen LogP contribution in [-0.2, 0) is 4.74 Å². The Hall–Kier alpha value is -2.08. The molecule has 0 aliphatic carbocycles. The van der Waals surface area contributed by atoms with Crippen molar-refractivity contribution in [2.45, 2.75) is 13.8 Å². The Morgan fingerprint density at radius 2 is 1.76 bits per heavy atom. The summed E-state index contributed by atoms with van der Waals surface area (Å²) in [5.74, 6) is -0.353. The highest BCUT2D eigenvalue weighted by molar-refractivity contribution is 5.92. The molecule has 2 amide bonds. The van der Waals surface area contributed by atoms with E-state index in [1.807, 2.05) is 0 Å². The molecule has 1 aromatic rings. The smallest absolute Gasteiger partial charge is 0.338 e. The van der Waals surface area contributed by atoms with Crippen LogP contribution in [-0.4, -0.2) is 50.2 Å². The van der Waals surface area contributed by atoms with Crippen molar-refractivity contribution in [3.05, 3.63) is 29.8 Å². The second-order valence-corrected chi connectivity index (χ2v) is 4.44. The maximum absolute atomic E-state index is 11.9. The van der Waals surface area contributed by atoms with Gasteiger partial charge in [0.2, 0.25) is 0 Å². The Bertz CT molecular complexity index is 456. The number of carbonyl (C=O) groups is 2. The van der Waals surface area contributed by atoms with Crippen molar-refractivity contribution in [1.82, 2.24) is 10.2 Å². The molecular formula is C15H23N3O3. The molecule has 0 radical (unpaired) electrons. The quantitative estimate of drug-likeness (QED) is 0.754. The van der Waals surface area contributed by atoms with Gasteiger partial charge < -0.3 is 20.3 Å². The van der Waals surface area contributed by atoms with Crippen molar-refractivity contribution >= 4 is 17.7 Å². The van der Waals surface area contributed by atoms with E-state index in [9.17, 15) is 9.59 Å². The summed E-state index contributed by atoms with van der Waals surface area (Å²) in [6.45, 7) is 7.13. The van der Waals surface area contributed by atoms with E-state index < -0.39 is 0 Å². The molecule has 0 aromatic heterocycles. The molecule has 6 heteroatoms. The summed E-state index contributed by atoms with van der Waals surface area (Å²) in [4.78, 5) is 25.2. The van der Waals surface area contributed by atoms with Crippen LogP contribution in [0.1, 0.15) is 24.2 Å². The van der Waals surface area contributed by atoms with Crippen molar-refractivity contribution < 1.29 is 14.3 Å². The summed E-state index contributed by atoms with van der Waals surface area (Å²) < 4.78 is 5.22. The number of hydrogen-bond acceptors (Lipinski definition) is 4. The number of hydrogen-bond donors (Lipinski definition) is 2. The van der Waals surface area contributed by atoms with Crippen molar-refractivity contribution in [3.63, 3.8) is 0 Å². The molecule has 1 rings (SSSR count). The highest BCUT2D eigenvalue weighted by atomic mass is 16.5. The molecule has 6 nitrogen and oxygen atoms in total. The molecule has 2 N–H and O–H groups in total. The van der Waals surface area contributed by atoms with E-state index in [0.717, 1.165) is 19.6 Å². The molecule has 0 bridgehead atoms. The number of urea groups is 1. The van der Waals surface area contributed by atoms with Crippen LogP contribution in [0.25, 0.3) is 0 Å². The van der Waals surface area contributed by atoms with Gasteiger partial charge in [0.15, 0.2) is 0 Å². The number of rotatable bonds is 7. The van der Waals surface area contributed by atoms with Gasteiger partial charge >= 0.3 is 12.0 Å². The third-order valence-electron chi connectivity index (χ3n) is 3.14. The van der Waals surface area contributed by atoms with Crippen LogP contribution < -0.4 is 10.6 Å². The molecular weight excluding hydrogens is 270 g/mol. The third kappa shape index (κ3) is 5.83. The van der Waals surface area contributed by atoms with Crippen LogP contribution >= 0.6 is 0 Å². The second kappa shape index (κ2) is 8.97. The molecule has 1 aromatic carbocycles. The van der Waals surface area contributed by atoms with Gasteiger partial charge in [0.05, 0.1) is 5.56 Å². The monoisotopic (exact) mass is 293 g/mol. The van der Waals surface area contributed by atoms with E-state index in [-0.39, 0.29) is 12.0 Å². The lowest BCUT2D eigenvalue weighted by molar-refractivity contribution is 0.0466. The third-order valence-corrected chi connectivity index (χ3v) is 3.14. The highest BCUT2D eigenvalue weighted by Gasteiger charge is 2.08. The van der Waals surface area contributed by atoms with Crippen LogP contribution in [0.4, 0.5) is 10.5 Å². The number of benzene rings is 1. The van der Waals surface area contributed by atoms with Gasteiger partial charge in [0.25, 0.3) is 0 Å². The van der Waals surface area contributed by atoms with E-state index in [1.54, 1.807) is 24.3 Å². The molecule has 0 fully saturated rings. The average Bonchev–Trinajstić information content (AvgIpc) is 2.52. The highest BCUT2D eigenvalue weighted by Crippen LogP contribution is 2.10. The Labute approximate surface area is 125 Å². The van der Waals surface area contributed by atoms with E-state index in [4.69, 9.17) is 4.74 Å². The fourth-order valence-corrected chi connectivity index (χ4v) is 1.77. The van der Waals surface area contributed by atoms with Gasteiger partial charge in [-0.1, -0.05) is 13.8 Å². The molecule has 0 spiro atoms. The van der Waals surface area contributed by atoms with Crippen molar-refractivity contribution in [2.24, 2.45) is 0 Å². The SMILES string of the molecule is CCN(CC)CCOC(=O)c1ccc(NC(=O)NC)cc1. The Balaban J connectivity index is 2.46. The van der Waals surface area contributed by atoms with Crippen LogP contribution in [0.15, 0.2) is 24.3 Å². The van der Waals surface area contributed by atoms with Gasteiger partial charge in [0.1, 0.15) is 6.61 Å². The van der Waals surface area contributed by atoms with Gasteiger partial charge in [-0.25, -0.2) is 9.59 Å². The molecule has 0 atom stereocenters. The largest absolute Gasteiger partial charge is 0.461 e. The summed E-state index contributed by atoms with van der Waals surface area (Å²) in [6, 6.07) is 6.28. The normalized spacial score (nSPS) is 10.3. The average molecular weight is 293 g/mol. The molecule has 0 saturated heterocycles. The first-order chi connectivity index (χ1) is 10.1. The van der Waals surface area contributed by atoms with Gasteiger partial charge in [-0.05, 0) is 37.4 Å². The van der Waals surface area contributed by atoms with Crippen LogP contribution in [0.3, 0.4) is 0 Å². The number of carbonyl (C=O) groups excluding carboxylic acids is 2. The maximum atomic E-state index is 11.9. The van der Waals surface area contributed by atoms with Gasteiger partial charge in [0, 0.05) is 19.3 Å². The minimum Gasteiger partial charge on any atom is -0.461 e. The second-order valence-electron chi connectivity index (χ2n) is 4.44. The van der Waals surface area contributed by atoms with E-state index in [0.29, 0.717) is 17.9 Å². The number of ether oxygens (including phenoxy) is 1. The predicted octanol–water partition coefficient (Wildman–Crippen LogP) is 1.94. The first-order valence-corrected chi connectivity index (χ1v) is 7.09. The standard InChI is InChI=1S/C15H23N3O3/c1-4-18(5-2)10-11-21-14(19)12-6-8-13(9-7-12)17-15(20)16-3/h6-9H,4-5,10-11H2,1-3H3,(H2,16,17,20). The van der Waals surface area contributed by atoms with E-state index in [2.05, 4.69) is 29.4 Å². The maximum Gasteiger partial charge on any atom is 0.338 e. The summed E-state index contributed by atoms with van der Waals surface area (Å²) in [5.41, 5.74) is 1.09. The van der Waals surface area contributed by atoms with Crippen LogP contribution in [0.2, 0.25) is 0 Å². The van der Waals surface area contributed by atoms with Crippen LogP contribution in [0, 0.1) is 0 Å². The first kappa shape index (κ1) is 17.0. The fraction of sp³-hybridized carbons (Fsp3) is 0.467. The molecule has 21 heavy (non-hydrogen) atoms. The number of nitrogens with one attached hydrogen (secondary N) is 2. The zero-order valence-corrected chi connectivity index (χ0v) is 12.8. The minimum atomic E-state index is -0.353. The zero-order valence-electron chi connectivity index (χ0n) is 12.8. The summed E-state index contributed by atoms with van der Waals surface area (Å²) in [5, 5.41) is 5.08. The van der Waals surface area contributed by atoms with Gasteiger partial charge in [-0.15, -0.1) is 0 Å². The molecule has 0 aliphatic rings. The Kier molecular flexibility index (Phi) is 7.25. The minimum absolute atomic E-state index is 0.301. The molecule has 0 saturated carbocycles. The van der Waals surface area contributed by atoms with Gasteiger partial charge in [-0.2, -0.15) is 0 Å². The Morgan fingerprint density at radius 1 is 1.14 bits per heavy atom. The van der Waals surface area contributed by atoms with E-state index in [1.165, 1.54) is 7.05 Å². The van der Waals surface area contributed by atoms with Crippen molar-refractivity contribution in [1.29, 1.82) is 0 Å². The number of anilines is 1. The lowest BCUT2D eigenvalue weighted by atomic mass is 10.2. The topological polar surface area (TPSA) is 70.7 Å². The summed E-state index contributed by atoms with van der Waals surface area (Å²) in [7, 11) is 1.54. The van der Waals surface area contributed by atoms with Gasteiger partial charge in [-0.3, -0.25) is 0 Å². The summed E-state index contributed by atoms with van der Waals surface area (Å²) >= 11 is 0. The number of nitrogens with zero attached hydrogens (tertiary/aromatic N) is 1. The Morgan fingerprint density at radius 3 is 2.29 bits per heavy atom. The van der Waals surface area contributed by atoms with Crippen molar-refractivity contribution in [3.8, 4) is 0 Å².